The van der Waals surface area contributed by atoms with Gasteiger partial charge in [0, 0.05) is 31.6 Å². The summed E-state index contributed by atoms with van der Waals surface area (Å²) in [6.45, 7) is 9.92. The van der Waals surface area contributed by atoms with Crippen LogP contribution in [0, 0.1) is 23.7 Å². The van der Waals surface area contributed by atoms with Crippen LogP contribution in [0.2, 0.25) is 0 Å². The van der Waals surface area contributed by atoms with Crippen LogP contribution < -0.4 is 5.73 Å². The van der Waals surface area contributed by atoms with Crippen LogP contribution in [0.4, 0.5) is 0 Å². The topological polar surface area (TPSA) is 49.6 Å². The van der Waals surface area contributed by atoms with Crippen molar-refractivity contribution in [3.05, 3.63) is 0 Å². The van der Waals surface area contributed by atoms with Gasteiger partial charge in [-0.25, -0.2) is 0 Å². The molecule has 4 nitrogen and oxygen atoms in total. The highest BCUT2D eigenvalue weighted by atomic mass is 16.2. The highest BCUT2D eigenvalue weighted by Crippen LogP contribution is 2.42. The molecule has 3 rings (SSSR count). The van der Waals surface area contributed by atoms with Crippen molar-refractivity contribution in [3.63, 3.8) is 0 Å². The maximum Gasteiger partial charge on any atom is 0.225 e. The molecule has 0 spiro atoms. The number of nitrogens with zero attached hydrogens (tertiary/aromatic N) is 2. The lowest BCUT2D eigenvalue weighted by molar-refractivity contribution is -0.140. The normalized spacial score (nSPS) is 34.6. The number of hydrogen-bond donors (Lipinski definition) is 1. The van der Waals surface area contributed by atoms with E-state index in [1.807, 2.05) is 0 Å². The molecular weight excluding hydrogens is 298 g/mol. The highest BCUT2D eigenvalue weighted by Gasteiger charge is 2.41. The maximum absolute atomic E-state index is 13.0. The minimum atomic E-state index is 0.263. The lowest BCUT2D eigenvalue weighted by atomic mass is 9.65. The number of likely N-dealkylation sites (tertiary alicyclic amines) is 1. The van der Waals surface area contributed by atoms with Gasteiger partial charge in [0.25, 0.3) is 0 Å². The lowest BCUT2D eigenvalue weighted by Gasteiger charge is -2.45. The molecule has 2 N–H and O–H groups in total. The molecule has 24 heavy (non-hydrogen) atoms. The minimum absolute atomic E-state index is 0.263. The fourth-order valence-electron chi connectivity index (χ4n) is 5.43. The third kappa shape index (κ3) is 3.96. The summed E-state index contributed by atoms with van der Waals surface area (Å²) in [5.41, 5.74) is 6.39. The van der Waals surface area contributed by atoms with Crippen LogP contribution in [-0.4, -0.2) is 54.5 Å². The van der Waals surface area contributed by atoms with Crippen molar-refractivity contribution in [2.45, 2.75) is 64.8 Å². The summed E-state index contributed by atoms with van der Waals surface area (Å²) in [4.78, 5) is 17.7. The first-order valence-electron chi connectivity index (χ1n) is 10.4. The Kier molecular flexibility index (Phi) is 6.20. The first kappa shape index (κ1) is 18.2. The monoisotopic (exact) mass is 335 g/mol. The third-order valence-electron chi connectivity index (χ3n) is 7.10. The van der Waals surface area contributed by atoms with Gasteiger partial charge in [-0.15, -0.1) is 0 Å². The molecule has 2 bridgehead atoms. The van der Waals surface area contributed by atoms with Crippen molar-refractivity contribution >= 4 is 5.91 Å². The number of carbonyl (C=O) groups is 1. The molecule has 1 saturated heterocycles. The Bertz CT molecular complexity index is 401. The highest BCUT2D eigenvalue weighted by molar-refractivity contribution is 5.79. The summed E-state index contributed by atoms with van der Waals surface area (Å²) in [6.07, 6.45) is 8.27. The lowest BCUT2D eigenvalue weighted by Crippen LogP contribution is -2.51. The molecule has 3 fully saturated rings. The van der Waals surface area contributed by atoms with E-state index in [1.54, 1.807) is 0 Å². The molecule has 138 valence electrons. The number of rotatable bonds is 5. The SMILES string of the molecule is CCN(CC)CC1CCN(C(=O)C2CC3CCCC(C2)C3N)CC1. The summed E-state index contributed by atoms with van der Waals surface area (Å²) >= 11 is 0. The molecular formula is C20H37N3O. The molecule has 1 amide bonds. The zero-order chi connectivity index (χ0) is 17.1. The number of nitrogens with two attached hydrogens (primary N) is 1. The molecule has 2 saturated carbocycles. The van der Waals surface area contributed by atoms with Crippen LogP contribution in [0.5, 0.6) is 0 Å². The molecule has 0 aromatic rings. The smallest absolute Gasteiger partial charge is 0.225 e. The second-order valence-corrected chi connectivity index (χ2v) is 8.45. The van der Waals surface area contributed by atoms with E-state index in [-0.39, 0.29) is 5.92 Å². The van der Waals surface area contributed by atoms with Gasteiger partial charge in [0.05, 0.1) is 0 Å². The standard InChI is InChI=1S/C20H37N3O/c1-3-22(4-2)14-15-8-10-23(11-9-15)20(24)18-12-16-6-5-7-17(13-18)19(16)21/h15-19H,3-14,21H2,1-2H3. The van der Waals surface area contributed by atoms with Gasteiger partial charge in [-0.05, 0) is 69.4 Å². The molecule has 1 aliphatic heterocycles. The Morgan fingerprint density at radius 1 is 1.04 bits per heavy atom. The second-order valence-electron chi connectivity index (χ2n) is 8.45. The Labute approximate surface area is 148 Å². The zero-order valence-corrected chi connectivity index (χ0v) is 15.8. The van der Waals surface area contributed by atoms with Crippen molar-refractivity contribution in [3.8, 4) is 0 Å². The molecule has 2 aliphatic carbocycles. The molecule has 2 unspecified atom stereocenters. The Morgan fingerprint density at radius 3 is 2.17 bits per heavy atom. The van der Waals surface area contributed by atoms with E-state index in [4.69, 9.17) is 5.73 Å². The van der Waals surface area contributed by atoms with Crippen LogP contribution in [0.3, 0.4) is 0 Å². The van der Waals surface area contributed by atoms with E-state index in [0.29, 0.717) is 23.8 Å². The Morgan fingerprint density at radius 2 is 1.62 bits per heavy atom. The van der Waals surface area contributed by atoms with E-state index < -0.39 is 0 Å². The van der Waals surface area contributed by atoms with Crippen LogP contribution >= 0.6 is 0 Å². The molecule has 3 aliphatic rings. The second kappa shape index (κ2) is 8.18. The molecule has 0 aromatic carbocycles. The number of amides is 1. The molecule has 0 radical (unpaired) electrons. The molecule has 0 aromatic heterocycles. The van der Waals surface area contributed by atoms with Crippen LogP contribution in [0.15, 0.2) is 0 Å². The predicted molar refractivity (Wildman–Crippen MR) is 98.6 cm³/mol. The number of carbonyl (C=O) groups excluding carboxylic acids is 1. The van der Waals surface area contributed by atoms with E-state index in [0.717, 1.165) is 44.9 Å². The van der Waals surface area contributed by atoms with Crippen molar-refractivity contribution < 1.29 is 4.79 Å². The van der Waals surface area contributed by atoms with Crippen LogP contribution in [0.25, 0.3) is 0 Å². The number of fused-ring (bicyclic) bond motifs is 2. The third-order valence-corrected chi connectivity index (χ3v) is 7.10. The van der Waals surface area contributed by atoms with Gasteiger partial charge >= 0.3 is 0 Å². The first-order chi connectivity index (χ1) is 11.6. The van der Waals surface area contributed by atoms with Gasteiger partial charge in [-0.1, -0.05) is 20.3 Å². The van der Waals surface area contributed by atoms with E-state index in [9.17, 15) is 4.79 Å². The first-order valence-corrected chi connectivity index (χ1v) is 10.4. The van der Waals surface area contributed by atoms with Crippen molar-refractivity contribution in [2.24, 2.45) is 29.4 Å². The minimum Gasteiger partial charge on any atom is -0.342 e. The van der Waals surface area contributed by atoms with Gasteiger partial charge in [-0.3, -0.25) is 4.79 Å². The summed E-state index contributed by atoms with van der Waals surface area (Å²) in [5.74, 6) is 2.69. The van der Waals surface area contributed by atoms with Gasteiger partial charge < -0.3 is 15.5 Å². The van der Waals surface area contributed by atoms with E-state index >= 15 is 0 Å². The molecule has 4 heteroatoms. The van der Waals surface area contributed by atoms with Crippen molar-refractivity contribution in [1.29, 1.82) is 0 Å². The van der Waals surface area contributed by atoms with Gasteiger partial charge in [-0.2, -0.15) is 0 Å². The van der Waals surface area contributed by atoms with Gasteiger partial charge in [0.2, 0.25) is 5.91 Å². The molecule has 1 heterocycles. The van der Waals surface area contributed by atoms with Crippen LogP contribution in [0.1, 0.15) is 58.8 Å². The Balaban J connectivity index is 1.49. The zero-order valence-electron chi connectivity index (χ0n) is 15.8. The fourth-order valence-corrected chi connectivity index (χ4v) is 5.43. The van der Waals surface area contributed by atoms with E-state index in [2.05, 4.69) is 23.6 Å². The van der Waals surface area contributed by atoms with E-state index in [1.165, 1.54) is 38.6 Å². The summed E-state index contributed by atoms with van der Waals surface area (Å²) < 4.78 is 0. The average molecular weight is 336 g/mol. The quantitative estimate of drug-likeness (QED) is 0.840. The number of hydrogen-bond acceptors (Lipinski definition) is 3. The van der Waals surface area contributed by atoms with Gasteiger partial charge in [0.1, 0.15) is 0 Å². The van der Waals surface area contributed by atoms with Crippen molar-refractivity contribution in [1.82, 2.24) is 9.80 Å². The fraction of sp³-hybridized carbons (Fsp3) is 0.950. The molecule has 2 atom stereocenters. The van der Waals surface area contributed by atoms with Crippen LogP contribution in [-0.2, 0) is 4.79 Å². The van der Waals surface area contributed by atoms with Gasteiger partial charge in [0.15, 0.2) is 0 Å². The Hall–Kier alpha value is -0.610. The summed E-state index contributed by atoms with van der Waals surface area (Å²) in [7, 11) is 0. The summed E-state index contributed by atoms with van der Waals surface area (Å²) in [6, 6.07) is 0.364. The predicted octanol–water partition coefficient (Wildman–Crippen LogP) is 2.72. The average Bonchev–Trinajstić information content (AvgIpc) is 2.59. The maximum atomic E-state index is 13.0. The largest absolute Gasteiger partial charge is 0.342 e. The summed E-state index contributed by atoms with van der Waals surface area (Å²) in [5, 5.41) is 0. The van der Waals surface area contributed by atoms with Crippen molar-refractivity contribution in [2.75, 3.05) is 32.7 Å². The number of piperidine rings is 1.